The molecule has 1 aliphatic rings. The summed E-state index contributed by atoms with van der Waals surface area (Å²) in [5, 5.41) is 0. The molecule has 5 nitrogen and oxygen atoms in total. The molecule has 2 heterocycles. The van der Waals surface area contributed by atoms with Crippen LogP contribution >= 0.6 is 0 Å². The lowest BCUT2D eigenvalue weighted by molar-refractivity contribution is 0.407. The molecule has 1 saturated heterocycles. The molecule has 0 bridgehead atoms. The molecule has 1 aliphatic heterocycles. The molecule has 1 unspecified atom stereocenters. The molecule has 1 fully saturated rings. The largest absolute Gasteiger partial charge is 0.325 e. The van der Waals surface area contributed by atoms with E-state index < -0.39 is 10.0 Å². The number of pyridine rings is 1. The second-order valence-electron chi connectivity index (χ2n) is 5.30. The number of rotatable bonds is 4. The highest BCUT2D eigenvalue weighted by Crippen LogP contribution is 2.24. The molecule has 0 spiro atoms. The van der Waals surface area contributed by atoms with Gasteiger partial charge in [-0.2, -0.15) is 4.31 Å². The lowest BCUT2D eigenvalue weighted by Crippen LogP contribution is -2.32. The van der Waals surface area contributed by atoms with Gasteiger partial charge in [-0.05, 0) is 37.3 Å². The molecule has 0 saturated carbocycles. The molecule has 6 heteroatoms. The summed E-state index contributed by atoms with van der Waals surface area (Å²) in [5.74, 6) is 0.646. The first-order valence-electron chi connectivity index (χ1n) is 7.23. The van der Waals surface area contributed by atoms with Crippen molar-refractivity contribution in [3.05, 3.63) is 24.0 Å². The molecule has 0 aliphatic carbocycles. The Morgan fingerprint density at radius 1 is 1.35 bits per heavy atom. The molecule has 1 atom stereocenters. The number of hydrogen-bond acceptors (Lipinski definition) is 4. The highest BCUT2D eigenvalue weighted by atomic mass is 32.2. The van der Waals surface area contributed by atoms with E-state index in [2.05, 4.69) is 11.9 Å². The van der Waals surface area contributed by atoms with Crippen LogP contribution < -0.4 is 5.73 Å². The van der Waals surface area contributed by atoms with E-state index in [0.29, 0.717) is 31.2 Å². The number of hydrogen-bond donors (Lipinski definition) is 1. The summed E-state index contributed by atoms with van der Waals surface area (Å²) in [6.07, 6.45) is 5.54. The Labute approximate surface area is 121 Å². The Bertz CT molecular complexity index is 528. The van der Waals surface area contributed by atoms with Gasteiger partial charge >= 0.3 is 0 Å². The van der Waals surface area contributed by atoms with Crippen LogP contribution in [0.2, 0.25) is 0 Å². The fraction of sp³-hybridized carbons (Fsp3) is 0.643. The summed E-state index contributed by atoms with van der Waals surface area (Å²) in [5.41, 5.74) is 6.18. The number of aromatic nitrogens is 1. The van der Waals surface area contributed by atoms with Crippen molar-refractivity contribution in [2.75, 3.05) is 13.1 Å². The van der Waals surface area contributed by atoms with Gasteiger partial charge in [0.1, 0.15) is 4.90 Å². The van der Waals surface area contributed by atoms with E-state index in [1.165, 1.54) is 6.20 Å². The minimum Gasteiger partial charge on any atom is -0.325 e. The maximum atomic E-state index is 12.6. The van der Waals surface area contributed by atoms with Crippen molar-refractivity contribution in [1.82, 2.24) is 9.29 Å². The molecule has 20 heavy (non-hydrogen) atoms. The Morgan fingerprint density at radius 2 is 2.15 bits per heavy atom. The molecule has 0 amide bonds. The topological polar surface area (TPSA) is 76.3 Å². The van der Waals surface area contributed by atoms with Gasteiger partial charge in [0.15, 0.2) is 0 Å². The average molecular weight is 297 g/mol. The first kappa shape index (κ1) is 15.4. The van der Waals surface area contributed by atoms with Crippen LogP contribution in [-0.4, -0.2) is 30.8 Å². The summed E-state index contributed by atoms with van der Waals surface area (Å²) in [7, 11) is -3.41. The van der Waals surface area contributed by atoms with Crippen molar-refractivity contribution in [2.45, 2.75) is 44.0 Å². The molecule has 1 aromatic heterocycles. The summed E-state index contributed by atoms with van der Waals surface area (Å²) >= 11 is 0. The fourth-order valence-corrected chi connectivity index (χ4v) is 4.06. The number of sulfonamides is 1. The van der Waals surface area contributed by atoms with Gasteiger partial charge in [-0.15, -0.1) is 0 Å². The van der Waals surface area contributed by atoms with E-state index >= 15 is 0 Å². The molecular weight excluding hydrogens is 274 g/mol. The van der Waals surface area contributed by atoms with Crippen LogP contribution in [0.5, 0.6) is 0 Å². The van der Waals surface area contributed by atoms with Gasteiger partial charge in [-0.25, -0.2) is 8.42 Å². The van der Waals surface area contributed by atoms with E-state index in [9.17, 15) is 8.42 Å². The lowest BCUT2D eigenvalue weighted by atomic mass is 9.98. The van der Waals surface area contributed by atoms with Crippen molar-refractivity contribution < 1.29 is 8.42 Å². The first-order valence-corrected chi connectivity index (χ1v) is 8.67. The van der Waals surface area contributed by atoms with Crippen LogP contribution in [0.25, 0.3) is 0 Å². The third-order valence-corrected chi connectivity index (χ3v) is 5.91. The van der Waals surface area contributed by atoms with Gasteiger partial charge in [-0.1, -0.05) is 13.3 Å². The van der Waals surface area contributed by atoms with Gasteiger partial charge in [0, 0.05) is 25.8 Å². The summed E-state index contributed by atoms with van der Waals surface area (Å²) in [6, 6.07) is 3.28. The molecular formula is C14H23N3O2S. The second kappa shape index (κ2) is 6.65. The maximum Gasteiger partial charge on any atom is 0.244 e. The van der Waals surface area contributed by atoms with Gasteiger partial charge in [-0.3, -0.25) is 4.98 Å². The van der Waals surface area contributed by atoms with E-state index in [1.54, 1.807) is 16.4 Å². The van der Waals surface area contributed by atoms with Gasteiger partial charge in [0.25, 0.3) is 0 Å². The van der Waals surface area contributed by atoms with Crippen LogP contribution in [-0.2, 0) is 16.6 Å². The summed E-state index contributed by atoms with van der Waals surface area (Å²) in [6.45, 7) is 3.71. The number of nitrogens with zero attached hydrogens (tertiary/aromatic N) is 2. The van der Waals surface area contributed by atoms with Gasteiger partial charge < -0.3 is 5.73 Å². The van der Waals surface area contributed by atoms with E-state index in [-0.39, 0.29) is 4.90 Å². The van der Waals surface area contributed by atoms with E-state index in [4.69, 9.17) is 5.73 Å². The van der Waals surface area contributed by atoms with Gasteiger partial charge in [0.05, 0.1) is 5.69 Å². The minimum absolute atomic E-state index is 0.268. The minimum atomic E-state index is -3.41. The number of nitrogens with two attached hydrogens (primary N) is 1. The summed E-state index contributed by atoms with van der Waals surface area (Å²) < 4.78 is 26.8. The van der Waals surface area contributed by atoms with E-state index in [1.807, 2.05) is 0 Å². The van der Waals surface area contributed by atoms with Gasteiger partial charge in [0.2, 0.25) is 10.0 Å². The molecule has 0 aromatic carbocycles. The van der Waals surface area contributed by atoms with Crippen molar-refractivity contribution in [3.63, 3.8) is 0 Å². The van der Waals surface area contributed by atoms with Crippen LogP contribution in [0.15, 0.2) is 23.2 Å². The zero-order chi connectivity index (χ0) is 14.6. The van der Waals surface area contributed by atoms with Crippen LogP contribution in [0, 0.1) is 5.92 Å². The van der Waals surface area contributed by atoms with Crippen molar-refractivity contribution in [3.8, 4) is 0 Å². The maximum absolute atomic E-state index is 12.6. The molecule has 2 rings (SSSR count). The first-order chi connectivity index (χ1) is 9.57. The van der Waals surface area contributed by atoms with Crippen molar-refractivity contribution in [2.24, 2.45) is 11.7 Å². The quantitative estimate of drug-likeness (QED) is 0.918. The van der Waals surface area contributed by atoms with Crippen LogP contribution in [0.1, 0.15) is 38.3 Å². The van der Waals surface area contributed by atoms with Crippen molar-refractivity contribution >= 4 is 10.0 Å². The Kier molecular flexibility index (Phi) is 5.12. The summed E-state index contributed by atoms with van der Waals surface area (Å²) in [4.78, 5) is 4.35. The lowest BCUT2D eigenvalue weighted by Gasteiger charge is -2.20. The Morgan fingerprint density at radius 3 is 2.75 bits per heavy atom. The molecule has 0 radical (unpaired) electrons. The molecule has 112 valence electrons. The molecule has 2 N–H and O–H groups in total. The van der Waals surface area contributed by atoms with E-state index in [0.717, 1.165) is 25.7 Å². The highest BCUT2D eigenvalue weighted by Gasteiger charge is 2.27. The third-order valence-electron chi connectivity index (χ3n) is 4.03. The van der Waals surface area contributed by atoms with Crippen LogP contribution in [0.4, 0.5) is 0 Å². The smallest absolute Gasteiger partial charge is 0.244 e. The van der Waals surface area contributed by atoms with Crippen LogP contribution in [0.3, 0.4) is 0 Å². The monoisotopic (exact) mass is 297 g/mol. The van der Waals surface area contributed by atoms with Crippen molar-refractivity contribution in [1.29, 1.82) is 0 Å². The Hall–Kier alpha value is -0.980. The predicted molar refractivity (Wildman–Crippen MR) is 78.5 cm³/mol. The fourth-order valence-electron chi connectivity index (χ4n) is 2.62. The predicted octanol–water partition coefficient (Wildman–Crippen LogP) is 1.74. The average Bonchev–Trinajstić information content (AvgIpc) is 2.73. The molecule has 1 aromatic rings. The highest BCUT2D eigenvalue weighted by molar-refractivity contribution is 7.89. The third kappa shape index (κ3) is 3.37. The normalized spacial score (nSPS) is 21.6. The second-order valence-corrected chi connectivity index (χ2v) is 7.24. The zero-order valence-corrected chi connectivity index (χ0v) is 12.8. The SMILES string of the molecule is CCC1CCCN(S(=O)(=O)c2ccc(CN)nc2)CC1. The Balaban J connectivity index is 2.16. The zero-order valence-electron chi connectivity index (χ0n) is 12.0. The standard InChI is InChI=1S/C14H23N3O2S/c1-2-12-4-3-8-17(9-7-12)20(18,19)14-6-5-13(10-15)16-11-14/h5-6,11-12H,2-4,7-10,15H2,1H3.